The lowest BCUT2D eigenvalue weighted by Gasteiger charge is -2.28. The first-order valence-corrected chi connectivity index (χ1v) is 8.61. The van der Waals surface area contributed by atoms with Crippen molar-refractivity contribution in [3.63, 3.8) is 0 Å². The minimum absolute atomic E-state index is 0.612. The number of hydrogen-bond donors (Lipinski definition) is 0. The van der Waals surface area contributed by atoms with Gasteiger partial charge in [-0.25, -0.2) is 9.97 Å². The molecule has 0 unspecified atom stereocenters. The number of likely N-dealkylation sites (N-methyl/N-ethyl adjacent to an activating group) is 1. The van der Waals surface area contributed by atoms with Crippen LogP contribution in [0, 0.1) is 0 Å². The molecule has 4 heteroatoms. The highest BCUT2D eigenvalue weighted by molar-refractivity contribution is 5.37. The average molecular weight is 286 g/mol. The van der Waals surface area contributed by atoms with Crippen LogP contribution < -0.4 is 4.90 Å². The highest BCUT2D eigenvalue weighted by Crippen LogP contribution is 2.36. The zero-order valence-corrected chi connectivity index (χ0v) is 13.0. The van der Waals surface area contributed by atoms with Gasteiger partial charge in [0.1, 0.15) is 0 Å². The Balaban J connectivity index is 1.61. The quantitative estimate of drug-likeness (QED) is 0.837. The molecule has 0 aromatic carbocycles. The predicted molar refractivity (Wildman–Crippen MR) is 84.6 cm³/mol. The summed E-state index contributed by atoms with van der Waals surface area (Å²) in [5, 5.41) is 0. The van der Waals surface area contributed by atoms with E-state index in [1.54, 1.807) is 0 Å². The molecule has 4 rings (SSSR count). The van der Waals surface area contributed by atoms with Crippen LogP contribution >= 0.6 is 0 Å². The van der Waals surface area contributed by atoms with E-state index in [0.29, 0.717) is 18.0 Å². The molecule has 2 aliphatic heterocycles. The van der Waals surface area contributed by atoms with Crippen LogP contribution in [-0.2, 0) is 0 Å². The fraction of sp³-hybridized carbons (Fsp3) is 0.765. The summed E-state index contributed by atoms with van der Waals surface area (Å²) in [7, 11) is 2.24. The van der Waals surface area contributed by atoms with Crippen LogP contribution in [0.5, 0.6) is 0 Å². The van der Waals surface area contributed by atoms with Gasteiger partial charge in [0, 0.05) is 36.4 Å². The van der Waals surface area contributed by atoms with Crippen molar-refractivity contribution in [2.45, 2.75) is 62.9 Å². The lowest BCUT2D eigenvalue weighted by atomic mass is 10.0. The monoisotopic (exact) mass is 286 g/mol. The Bertz CT molecular complexity index is 497. The van der Waals surface area contributed by atoms with Crippen molar-refractivity contribution in [3.8, 4) is 0 Å². The van der Waals surface area contributed by atoms with Gasteiger partial charge in [-0.1, -0.05) is 12.8 Å². The number of fused-ring (bicyclic) bond motifs is 2. The van der Waals surface area contributed by atoms with Gasteiger partial charge >= 0.3 is 0 Å². The molecule has 0 spiro atoms. The van der Waals surface area contributed by atoms with Gasteiger partial charge in [-0.3, -0.25) is 0 Å². The zero-order chi connectivity index (χ0) is 14.2. The molecule has 1 aromatic heterocycles. The molecule has 0 radical (unpaired) electrons. The minimum atomic E-state index is 0.612. The Hall–Kier alpha value is -1.16. The first kappa shape index (κ1) is 13.5. The number of rotatable bonds is 2. The normalized spacial score (nSPS) is 30.8. The third-order valence-electron chi connectivity index (χ3n) is 5.66. The average Bonchev–Trinajstić information content (AvgIpc) is 3.11. The second-order valence-corrected chi connectivity index (χ2v) is 7.11. The molecule has 21 heavy (non-hydrogen) atoms. The van der Waals surface area contributed by atoms with Crippen molar-refractivity contribution in [1.82, 2.24) is 14.9 Å². The SMILES string of the molecule is CN1CC[C@@H]2CC[C@H](C1)N2c1nccc(C2CCCC2)n1. The maximum absolute atomic E-state index is 4.98. The number of nitrogens with zero attached hydrogens (tertiary/aromatic N) is 4. The van der Waals surface area contributed by atoms with Crippen LogP contribution in [0.2, 0.25) is 0 Å². The van der Waals surface area contributed by atoms with E-state index in [1.807, 2.05) is 6.20 Å². The Morgan fingerprint density at radius 1 is 1.05 bits per heavy atom. The second-order valence-electron chi connectivity index (χ2n) is 7.11. The van der Waals surface area contributed by atoms with E-state index in [1.165, 1.54) is 57.2 Å². The summed E-state index contributed by atoms with van der Waals surface area (Å²) in [4.78, 5) is 14.6. The Morgan fingerprint density at radius 3 is 2.71 bits per heavy atom. The van der Waals surface area contributed by atoms with Gasteiger partial charge in [0.2, 0.25) is 5.95 Å². The molecule has 0 amide bonds. The van der Waals surface area contributed by atoms with Crippen LogP contribution in [0.4, 0.5) is 5.95 Å². The summed E-state index contributed by atoms with van der Waals surface area (Å²) in [5.41, 5.74) is 1.29. The van der Waals surface area contributed by atoms with Gasteiger partial charge in [-0.05, 0) is 51.8 Å². The van der Waals surface area contributed by atoms with E-state index >= 15 is 0 Å². The van der Waals surface area contributed by atoms with Crippen molar-refractivity contribution in [2.75, 3.05) is 25.0 Å². The van der Waals surface area contributed by atoms with E-state index < -0.39 is 0 Å². The highest BCUT2D eigenvalue weighted by atomic mass is 15.3. The van der Waals surface area contributed by atoms with E-state index in [-0.39, 0.29) is 0 Å². The smallest absolute Gasteiger partial charge is 0.226 e. The van der Waals surface area contributed by atoms with Gasteiger partial charge in [0.05, 0.1) is 0 Å². The molecule has 114 valence electrons. The number of aromatic nitrogens is 2. The van der Waals surface area contributed by atoms with E-state index in [0.717, 1.165) is 12.5 Å². The van der Waals surface area contributed by atoms with Crippen LogP contribution in [0.1, 0.15) is 56.6 Å². The molecule has 1 aromatic rings. The molecule has 0 N–H and O–H groups in total. The van der Waals surface area contributed by atoms with E-state index in [2.05, 4.69) is 27.9 Å². The van der Waals surface area contributed by atoms with Gasteiger partial charge < -0.3 is 9.80 Å². The third kappa shape index (κ3) is 2.54. The zero-order valence-electron chi connectivity index (χ0n) is 13.0. The molecule has 1 saturated carbocycles. The fourth-order valence-corrected chi connectivity index (χ4v) is 4.51. The van der Waals surface area contributed by atoms with Crippen LogP contribution in [-0.4, -0.2) is 47.1 Å². The van der Waals surface area contributed by atoms with Crippen LogP contribution in [0.15, 0.2) is 12.3 Å². The third-order valence-corrected chi connectivity index (χ3v) is 5.66. The molecule has 3 aliphatic rings. The maximum Gasteiger partial charge on any atom is 0.226 e. The van der Waals surface area contributed by atoms with Gasteiger partial charge in [-0.15, -0.1) is 0 Å². The van der Waals surface area contributed by atoms with E-state index in [4.69, 9.17) is 4.98 Å². The predicted octanol–water partition coefficient (Wildman–Crippen LogP) is 2.81. The molecule has 3 fully saturated rings. The van der Waals surface area contributed by atoms with Crippen molar-refractivity contribution in [3.05, 3.63) is 18.0 Å². The number of anilines is 1. The van der Waals surface area contributed by atoms with Crippen molar-refractivity contribution in [2.24, 2.45) is 0 Å². The molecule has 2 bridgehead atoms. The number of hydrogen-bond acceptors (Lipinski definition) is 4. The summed E-state index contributed by atoms with van der Waals surface area (Å²) in [5.74, 6) is 1.68. The largest absolute Gasteiger partial charge is 0.334 e. The molecular weight excluding hydrogens is 260 g/mol. The van der Waals surface area contributed by atoms with Gasteiger partial charge in [0.15, 0.2) is 0 Å². The second kappa shape index (κ2) is 5.56. The molecule has 2 saturated heterocycles. The summed E-state index contributed by atoms with van der Waals surface area (Å²) in [6.07, 6.45) is 11.2. The van der Waals surface area contributed by atoms with Crippen LogP contribution in [0.3, 0.4) is 0 Å². The van der Waals surface area contributed by atoms with Crippen LogP contribution in [0.25, 0.3) is 0 Å². The maximum atomic E-state index is 4.98. The Kier molecular flexibility index (Phi) is 3.57. The lowest BCUT2D eigenvalue weighted by molar-refractivity contribution is 0.315. The Labute approximate surface area is 127 Å². The van der Waals surface area contributed by atoms with Crippen molar-refractivity contribution >= 4 is 5.95 Å². The summed E-state index contributed by atoms with van der Waals surface area (Å²) in [6, 6.07) is 3.41. The highest BCUT2D eigenvalue weighted by Gasteiger charge is 2.38. The summed E-state index contributed by atoms with van der Waals surface area (Å²) >= 11 is 0. The molecule has 3 heterocycles. The fourth-order valence-electron chi connectivity index (χ4n) is 4.51. The molecular formula is C17H26N4. The number of likely N-dealkylation sites (tertiary alicyclic amines) is 1. The van der Waals surface area contributed by atoms with Crippen molar-refractivity contribution < 1.29 is 0 Å². The van der Waals surface area contributed by atoms with Gasteiger partial charge in [0.25, 0.3) is 0 Å². The van der Waals surface area contributed by atoms with E-state index in [9.17, 15) is 0 Å². The first-order valence-electron chi connectivity index (χ1n) is 8.61. The summed E-state index contributed by atoms with van der Waals surface area (Å²) in [6.45, 7) is 2.37. The molecule has 4 nitrogen and oxygen atoms in total. The van der Waals surface area contributed by atoms with Gasteiger partial charge in [-0.2, -0.15) is 0 Å². The summed E-state index contributed by atoms with van der Waals surface area (Å²) < 4.78 is 0. The minimum Gasteiger partial charge on any atom is -0.334 e. The molecule has 1 aliphatic carbocycles. The Morgan fingerprint density at radius 2 is 1.86 bits per heavy atom. The first-order chi connectivity index (χ1) is 10.3. The topological polar surface area (TPSA) is 32.3 Å². The van der Waals surface area contributed by atoms with Crippen molar-refractivity contribution in [1.29, 1.82) is 0 Å². The lowest BCUT2D eigenvalue weighted by Crippen LogP contribution is -2.39. The standard InChI is InChI=1S/C17H26N4/c1-20-11-9-14-6-7-15(12-20)21(14)17-18-10-8-16(19-17)13-4-2-3-5-13/h8,10,13-15H,2-7,9,11-12H2,1H3/t14-,15+/m0/s1. The molecule has 2 atom stereocenters.